The number of benzene rings is 2. The van der Waals surface area contributed by atoms with Gasteiger partial charge in [-0.3, -0.25) is 4.79 Å². The minimum atomic E-state index is -0.145. The average Bonchev–Trinajstić information content (AvgIpc) is 3.09. The van der Waals surface area contributed by atoms with Crippen molar-refractivity contribution in [2.24, 2.45) is 0 Å². The minimum absolute atomic E-state index is 0.145. The molecule has 2 aromatic carbocycles. The first-order valence-electron chi connectivity index (χ1n) is 7.53. The van der Waals surface area contributed by atoms with Gasteiger partial charge in [-0.05, 0) is 42.3 Å². The normalized spacial score (nSPS) is 10.6. The molecule has 0 saturated carbocycles. The molecule has 1 N–H and O–H groups in total. The molecule has 0 saturated heterocycles. The van der Waals surface area contributed by atoms with Crippen LogP contribution in [0.2, 0.25) is 0 Å². The molecular formula is C18H18N2O4. The maximum atomic E-state index is 12.2. The van der Waals surface area contributed by atoms with Gasteiger partial charge in [0.1, 0.15) is 5.52 Å². The lowest BCUT2D eigenvalue weighted by molar-refractivity contribution is 0.0954. The topological polar surface area (TPSA) is 73.6 Å². The lowest BCUT2D eigenvalue weighted by Gasteiger charge is -2.10. The number of carbonyl (C=O) groups is 1. The maximum Gasteiger partial charge on any atom is 0.251 e. The van der Waals surface area contributed by atoms with Gasteiger partial charge in [0.15, 0.2) is 23.5 Å². The highest BCUT2D eigenvalue weighted by Crippen LogP contribution is 2.27. The van der Waals surface area contributed by atoms with E-state index in [0.29, 0.717) is 35.6 Å². The van der Waals surface area contributed by atoms with Crippen LogP contribution in [-0.4, -0.2) is 31.7 Å². The number of aromatic nitrogens is 1. The Morgan fingerprint density at radius 3 is 2.75 bits per heavy atom. The average molecular weight is 326 g/mol. The smallest absolute Gasteiger partial charge is 0.251 e. The standard InChI is InChI=1S/C18H18N2O4/c1-22-15-6-3-12(9-17(15)23-2)7-8-19-18(21)13-4-5-14-16(10-13)24-11-20-14/h3-6,9-11H,7-8H2,1-2H3,(H,19,21). The summed E-state index contributed by atoms with van der Waals surface area (Å²) in [4.78, 5) is 16.2. The van der Waals surface area contributed by atoms with Gasteiger partial charge in [0.2, 0.25) is 0 Å². The van der Waals surface area contributed by atoms with Crippen LogP contribution in [0.3, 0.4) is 0 Å². The van der Waals surface area contributed by atoms with Gasteiger partial charge in [0.05, 0.1) is 14.2 Å². The largest absolute Gasteiger partial charge is 0.493 e. The van der Waals surface area contributed by atoms with Crippen LogP contribution >= 0.6 is 0 Å². The van der Waals surface area contributed by atoms with Gasteiger partial charge in [-0.25, -0.2) is 4.98 Å². The number of fused-ring (bicyclic) bond motifs is 1. The fourth-order valence-corrected chi connectivity index (χ4v) is 2.45. The van der Waals surface area contributed by atoms with Gasteiger partial charge in [0, 0.05) is 12.1 Å². The van der Waals surface area contributed by atoms with Crippen LogP contribution in [0.1, 0.15) is 15.9 Å². The van der Waals surface area contributed by atoms with Crippen molar-refractivity contribution in [3.05, 3.63) is 53.9 Å². The molecule has 1 heterocycles. The van der Waals surface area contributed by atoms with Crippen molar-refractivity contribution < 1.29 is 18.7 Å². The molecular weight excluding hydrogens is 308 g/mol. The number of oxazole rings is 1. The molecule has 1 aromatic heterocycles. The molecule has 0 aliphatic heterocycles. The van der Waals surface area contributed by atoms with E-state index < -0.39 is 0 Å². The summed E-state index contributed by atoms with van der Waals surface area (Å²) in [5.41, 5.74) is 2.93. The molecule has 6 heteroatoms. The number of hydrogen-bond acceptors (Lipinski definition) is 5. The Morgan fingerprint density at radius 2 is 1.96 bits per heavy atom. The Hall–Kier alpha value is -3.02. The number of amides is 1. The Kier molecular flexibility index (Phi) is 4.65. The predicted octanol–water partition coefficient (Wildman–Crippen LogP) is 2.82. The van der Waals surface area contributed by atoms with Gasteiger partial charge < -0.3 is 19.2 Å². The van der Waals surface area contributed by atoms with E-state index in [0.717, 1.165) is 11.1 Å². The van der Waals surface area contributed by atoms with Crippen LogP contribution in [-0.2, 0) is 6.42 Å². The van der Waals surface area contributed by atoms with Crippen LogP contribution < -0.4 is 14.8 Å². The van der Waals surface area contributed by atoms with E-state index in [4.69, 9.17) is 13.9 Å². The van der Waals surface area contributed by atoms with Crippen molar-refractivity contribution >= 4 is 17.0 Å². The summed E-state index contributed by atoms with van der Waals surface area (Å²) in [6.45, 7) is 0.517. The molecule has 0 aliphatic carbocycles. The van der Waals surface area contributed by atoms with Gasteiger partial charge in [0.25, 0.3) is 5.91 Å². The first kappa shape index (κ1) is 15.9. The van der Waals surface area contributed by atoms with Crippen molar-refractivity contribution in [2.75, 3.05) is 20.8 Å². The van der Waals surface area contributed by atoms with Gasteiger partial charge in [-0.15, -0.1) is 0 Å². The van der Waals surface area contributed by atoms with Crippen LogP contribution in [0.25, 0.3) is 11.1 Å². The summed E-state index contributed by atoms with van der Waals surface area (Å²) in [5.74, 6) is 1.22. The Labute approximate surface area is 139 Å². The van der Waals surface area contributed by atoms with Crippen molar-refractivity contribution in [3.8, 4) is 11.5 Å². The van der Waals surface area contributed by atoms with Gasteiger partial charge in [-0.2, -0.15) is 0 Å². The summed E-state index contributed by atoms with van der Waals surface area (Å²) < 4.78 is 15.7. The van der Waals surface area contributed by atoms with Gasteiger partial charge in [-0.1, -0.05) is 6.07 Å². The van der Waals surface area contributed by atoms with Gasteiger partial charge >= 0.3 is 0 Å². The molecule has 0 radical (unpaired) electrons. The summed E-state index contributed by atoms with van der Waals surface area (Å²) >= 11 is 0. The molecule has 3 aromatic rings. The predicted molar refractivity (Wildman–Crippen MR) is 89.6 cm³/mol. The number of methoxy groups -OCH3 is 2. The number of ether oxygens (including phenoxy) is 2. The van der Waals surface area contributed by atoms with Crippen LogP contribution in [0.15, 0.2) is 47.2 Å². The van der Waals surface area contributed by atoms with E-state index in [1.807, 2.05) is 18.2 Å². The zero-order chi connectivity index (χ0) is 16.9. The van der Waals surface area contributed by atoms with Crippen molar-refractivity contribution in [3.63, 3.8) is 0 Å². The second-order valence-corrected chi connectivity index (χ2v) is 5.23. The molecule has 124 valence electrons. The summed E-state index contributed by atoms with van der Waals surface area (Å²) in [5, 5.41) is 2.90. The zero-order valence-corrected chi connectivity index (χ0v) is 13.5. The molecule has 3 rings (SSSR count). The molecule has 0 bridgehead atoms. The lowest BCUT2D eigenvalue weighted by atomic mass is 10.1. The zero-order valence-electron chi connectivity index (χ0n) is 13.5. The number of nitrogens with zero attached hydrogens (tertiary/aromatic N) is 1. The maximum absolute atomic E-state index is 12.2. The summed E-state index contributed by atoms with van der Waals surface area (Å²) in [6, 6.07) is 10.9. The van der Waals surface area contributed by atoms with Crippen LogP contribution in [0.5, 0.6) is 11.5 Å². The number of rotatable bonds is 6. The second kappa shape index (κ2) is 7.04. The van der Waals surface area contributed by atoms with Crippen LogP contribution in [0.4, 0.5) is 0 Å². The molecule has 0 atom stereocenters. The quantitative estimate of drug-likeness (QED) is 0.754. The molecule has 0 spiro atoms. The Bertz CT molecular complexity index is 857. The fourth-order valence-electron chi connectivity index (χ4n) is 2.45. The second-order valence-electron chi connectivity index (χ2n) is 5.23. The molecule has 0 aliphatic rings. The third-order valence-electron chi connectivity index (χ3n) is 3.74. The molecule has 1 amide bonds. The van der Waals surface area contributed by atoms with E-state index in [9.17, 15) is 4.79 Å². The Balaban J connectivity index is 1.60. The summed E-state index contributed by atoms with van der Waals surface area (Å²) in [6.07, 6.45) is 2.06. The highest BCUT2D eigenvalue weighted by atomic mass is 16.5. The number of carbonyl (C=O) groups excluding carboxylic acids is 1. The third-order valence-corrected chi connectivity index (χ3v) is 3.74. The van der Waals surface area contributed by atoms with E-state index >= 15 is 0 Å². The molecule has 24 heavy (non-hydrogen) atoms. The van der Waals surface area contributed by atoms with E-state index in [1.54, 1.807) is 32.4 Å². The van der Waals surface area contributed by atoms with Crippen LogP contribution in [0, 0.1) is 0 Å². The molecule has 0 fully saturated rings. The highest BCUT2D eigenvalue weighted by Gasteiger charge is 2.09. The lowest BCUT2D eigenvalue weighted by Crippen LogP contribution is -2.25. The highest BCUT2D eigenvalue weighted by molar-refractivity contribution is 5.96. The van der Waals surface area contributed by atoms with E-state index in [1.165, 1.54) is 6.39 Å². The van der Waals surface area contributed by atoms with Crippen molar-refractivity contribution in [1.29, 1.82) is 0 Å². The number of nitrogens with one attached hydrogen (secondary N) is 1. The molecule has 6 nitrogen and oxygen atoms in total. The summed E-state index contributed by atoms with van der Waals surface area (Å²) in [7, 11) is 3.20. The third kappa shape index (κ3) is 3.32. The first-order chi connectivity index (χ1) is 11.7. The minimum Gasteiger partial charge on any atom is -0.493 e. The SMILES string of the molecule is COc1ccc(CCNC(=O)c2ccc3ncoc3c2)cc1OC. The van der Waals surface area contributed by atoms with E-state index in [-0.39, 0.29) is 5.91 Å². The molecule has 0 unspecified atom stereocenters. The Morgan fingerprint density at radius 1 is 1.12 bits per heavy atom. The van der Waals surface area contributed by atoms with Crippen molar-refractivity contribution in [1.82, 2.24) is 10.3 Å². The first-order valence-corrected chi connectivity index (χ1v) is 7.53. The fraction of sp³-hybridized carbons (Fsp3) is 0.222. The monoisotopic (exact) mass is 326 g/mol. The van der Waals surface area contributed by atoms with Crippen molar-refractivity contribution in [2.45, 2.75) is 6.42 Å². The van der Waals surface area contributed by atoms with E-state index in [2.05, 4.69) is 10.3 Å². The number of hydrogen-bond donors (Lipinski definition) is 1.